The number of rotatable bonds is 3. The molecule has 0 atom stereocenters. The van der Waals surface area contributed by atoms with Gasteiger partial charge in [0, 0.05) is 59.9 Å². The second-order valence-electron chi connectivity index (χ2n) is 8.14. The first-order valence-electron chi connectivity index (χ1n) is 10.5. The van der Waals surface area contributed by atoms with Gasteiger partial charge in [-0.25, -0.2) is 8.42 Å². The van der Waals surface area contributed by atoms with Crippen molar-refractivity contribution in [1.82, 2.24) is 4.57 Å². The van der Waals surface area contributed by atoms with Crippen LogP contribution >= 0.6 is 0 Å². The van der Waals surface area contributed by atoms with Crippen LogP contribution in [-0.2, 0) is 33.8 Å². The number of allylic oxidation sites excluding steroid dienone is 2. The molecule has 1 N–H and O–H groups in total. The van der Waals surface area contributed by atoms with Gasteiger partial charge in [-0.3, -0.25) is 0 Å². The van der Waals surface area contributed by atoms with E-state index in [2.05, 4.69) is 57.3 Å². The van der Waals surface area contributed by atoms with Crippen molar-refractivity contribution in [3.63, 3.8) is 0 Å². The lowest BCUT2D eigenvalue weighted by Gasteiger charge is -2.29. The van der Waals surface area contributed by atoms with Gasteiger partial charge in [0.25, 0.3) is 0 Å². The average molecular weight is 426 g/mol. The zero-order valence-corrected chi connectivity index (χ0v) is 18.0. The summed E-state index contributed by atoms with van der Waals surface area (Å²) in [5, 5.41) is 5.67. The van der Waals surface area contributed by atoms with Gasteiger partial charge in [0.15, 0.2) is 9.84 Å². The molecule has 3 aliphatic rings. The third-order valence-electron chi connectivity index (χ3n) is 6.21. The van der Waals surface area contributed by atoms with Crippen LogP contribution in [0.1, 0.15) is 17.7 Å². The summed E-state index contributed by atoms with van der Waals surface area (Å²) in [4.78, 5) is 2.34. The lowest BCUT2D eigenvalue weighted by atomic mass is 10.1. The number of ether oxygens (including phenoxy) is 1. The summed E-state index contributed by atoms with van der Waals surface area (Å²) in [6, 6.07) is 8.47. The van der Waals surface area contributed by atoms with Crippen LogP contribution in [0.25, 0.3) is 12.2 Å². The van der Waals surface area contributed by atoms with Crippen molar-refractivity contribution in [2.75, 3.05) is 42.3 Å². The summed E-state index contributed by atoms with van der Waals surface area (Å²) in [7, 11) is -0.976. The standard InChI is InChI=1S/C23H27N3O3S/c1-25-22-4-2-3-18(15-20(22)21-16-30(27,28)14-9-23(21)25)24-17-5-7-19(8-6-17)26-10-12-29-13-11-26/h3-8,15,24H,2,9-14,16H2,1H3. The number of nitrogens with one attached hydrogen (secondary N) is 1. The minimum absolute atomic E-state index is 0.136. The van der Waals surface area contributed by atoms with Gasteiger partial charge in [-0.1, -0.05) is 12.2 Å². The van der Waals surface area contributed by atoms with Gasteiger partial charge >= 0.3 is 0 Å². The molecule has 0 unspecified atom stereocenters. The molecule has 1 aromatic heterocycles. The Balaban J connectivity index is 1.43. The highest BCUT2D eigenvalue weighted by Crippen LogP contribution is 2.21. The molecule has 1 saturated heterocycles. The Morgan fingerprint density at radius 1 is 1.07 bits per heavy atom. The van der Waals surface area contributed by atoms with Crippen LogP contribution in [-0.4, -0.2) is 45.0 Å². The van der Waals surface area contributed by atoms with Gasteiger partial charge < -0.3 is 19.5 Å². The van der Waals surface area contributed by atoms with Crippen LogP contribution in [0, 0.1) is 0 Å². The Kier molecular flexibility index (Phi) is 4.95. The molecule has 1 fully saturated rings. The first-order valence-corrected chi connectivity index (χ1v) is 12.3. The maximum Gasteiger partial charge on any atom is 0.154 e. The van der Waals surface area contributed by atoms with Crippen LogP contribution in [0.4, 0.5) is 11.4 Å². The highest BCUT2D eigenvalue weighted by atomic mass is 32.2. The van der Waals surface area contributed by atoms with E-state index in [1.165, 1.54) is 5.69 Å². The van der Waals surface area contributed by atoms with Crippen molar-refractivity contribution in [1.29, 1.82) is 0 Å². The molecule has 1 aromatic carbocycles. The fraction of sp³-hybridized carbons (Fsp3) is 0.391. The Hall–Kier alpha value is -2.51. The quantitative estimate of drug-likeness (QED) is 0.803. The van der Waals surface area contributed by atoms with Gasteiger partial charge in [-0.2, -0.15) is 0 Å². The number of sulfone groups is 1. The van der Waals surface area contributed by atoms with Crippen LogP contribution in [0.15, 0.2) is 36.0 Å². The van der Waals surface area contributed by atoms with E-state index in [1.807, 2.05) is 7.05 Å². The maximum atomic E-state index is 12.3. The first-order chi connectivity index (χ1) is 14.5. The number of nitrogens with zero attached hydrogens (tertiary/aromatic N) is 2. The highest BCUT2D eigenvalue weighted by Gasteiger charge is 2.26. The number of hydrogen-bond acceptors (Lipinski definition) is 5. The molecule has 0 spiro atoms. The maximum absolute atomic E-state index is 12.3. The number of aromatic nitrogens is 1. The van der Waals surface area contributed by atoms with Crippen LogP contribution in [0.2, 0.25) is 0 Å². The normalized spacial score (nSPS) is 20.2. The lowest BCUT2D eigenvalue weighted by molar-refractivity contribution is 0.122. The van der Waals surface area contributed by atoms with Crippen molar-refractivity contribution in [2.24, 2.45) is 7.05 Å². The summed E-state index contributed by atoms with van der Waals surface area (Å²) in [5.41, 5.74) is 5.35. The lowest BCUT2D eigenvalue weighted by Crippen LogP contribution is -2.36. The molecule has 2 aliphatic heterocycles. The van der Waals surface area contributed by atoms with E-state index in [0.717, 1.165) is 65.9 Å². The average Bonchev–Trinajstić information content (AvgIpc) is 2.88. The first kappa shape index (κ1) is 19.5. The Morgan fingerprint density at radius 2 is 1.83 bits per heavy atom. The number of anilines is 2. The zero-order valence-electron chi connectivity index (χ0n) is 17.2. The molecule has 0 bridgehead atoms. The predicted molar refractivity (Wildman–Crippen MR) is 121 cm³/mol. The summed E-state index contributed by atoms with van der Waals surface area (Å²) < 4.78 is 32.1. The number of benzene rings is 1. The predicted octanol–water partition coefficient (Wildman–Crippen LogP) is 1.29. The number of hydrogen-bond donors (Lipinski definition) is 1. The SMILES string of the molecule is Cn1c2c(c3c1=CCC=C(Nc1ccc(N4CCOCC4)cc1)C=3)CS(=O)(=O)CC2. The number of fused-ring (bicyclic) bond motifs is 3. The topological polar surface area (TPSA) is 63.6 Å². The molecule has 0 amide bonds. The van der Waals surface area contributed by atoms with Crippen molar-refractivity contribution in [3.8, 4) is 0 Å². The fourth-order valence-electron chi connectivity index (χ4n) is 4.61. The molecule has 0 radical (unpaired) electrons. The second-order valence-corrected chi connectivity index (χ2v) is 10.3. The molecule has 3 heterocycles. The molecule has 5 rings (SSSR count). The molecule has 1 aliphatic carbocycles. The summed E-state index contributed by atoms with van der Waals surface area (Å²) >= 11 is 0. The summed E-state index contributed by atoms with van der Waals surface area (Å²) in [6.07, 6.45) is 7.85. The monoisotopic (exact) mass is 425 g/mol. The second kappa shape index (κ2) is 7.63. The molecule has 7 heteroatoms. The van der Waals surface area contributed by atoms with Crippen molar-refractivity contribution >= 4 is 33.4 Å². The van der Waals surface area contributed by atoms with Gasteiger partial charge in [0.1, 0.15) is 0 Å². The van der Waals surface area contributed by atoms with E-state index >= 15 is 0 Å². The van der Waals surface area contributed by atoms with Gasteiger partial charge in [-0.05, 0) is 42.3 Å². The van der Waals surface area contributed by atoms with Crippen molar-refractivity contribution in [3.05, 3.63) is 57.9 Å². The Bertz CT molecular complexity index is 1220. The van der Waals surface area contributed by atoms with Crippen LogP contribution < -0.4 is 20.8 Å². The van der Waals surface area contributed by atoms with Crippen molar-refractivity contribution < 1.29 is 13.2 Å². The van der Waals surface area contributed by atoms with E-state index in [0.29, 0.717) is 6.42 Å². The van der Waals surface area contributed by atoms with E-state index < -0.39 is 9.84 Å². The third kappa shape index (κ3) is 3.68. The number of morpholine rings is 1. The van der Waals surface area contributed by atoms with Gasteiger partial charge in [0.05, 0.1) is 24.7 Å². The third-order valence-corrected chi connectivity index (χ3v) is 7.77. The molecule has 0 saturated carbocycles. The van der Waals surface area contributed by atoms with E-state index in [-0.39, 0.29) is 11.5 Å². The molecular formula is C23H27N3O3S. The smallest absolute Gasteiger partial charge is 0.154 e. The van der Waals surface area contributed by atoms with Crippen molar-refractivity contribution in [2.45, 2.75) is 18.6 Å². The molecule has 2 aromatic rings. The largest absolute Gasteiger partial charge is 0.378 e. The van der Waals surface area contributed by atoms with Gasteiger partial charge in [-0.15, -0.1) is 0 Å². The Labute approximate surface area is 177 Å². The summed E-state index contributed by atoms with van der Waals surface area (Å²) in [6.45, 7) is 3.40. The molecule has 30 heavy (non-hydrogen) atoms. The fourth-order valence-corrected chi connectivity index (χ4v) is 6.02. The Morgan fingerprint density at radius 3 is 2.60 bits per heavy atom. The highest BCUT2D eigenvalue weighted by molar-refractivity contribution is 7.90. The minimum Gasteiger partial charge on any atom is -0.378 e. The zero-order chi connectivity index (χ0) is 20.7. The molecule has 6 nitrogen and oxygen atoms in total. The van der Waals surface area contributed by atoms with Gasteiger partial charge in [0.2, 0.25) is 0 Å². The van der Waals surface area contributed by atoms with E-state index in [4.69, 9.17) is 4.74 Å². The summed E-state index contributed by atoms with van der Waals surface area (Å²) in [5.74, 6) is 0.380. The minimum atomic E-state index is -3.02. The molecule has 158 valence electrons. The van der Waals surface area contributed by atoms with E-state index in [9.17, 15) is 8.42 Å². The van der Waals surface area contributed by atoms with Crippen LogP contribution in [0.3, 0.4) is 0 Å². The van der Waals surface area contributed by atoms with Crippen LogP contribution in [0.5, 0.6) is 0 Å². The molecular weight excluding hydrogens is 398 g/mol. The van der Waals surface area contributed by atoms with E-state index in [1.54, 1.807) is 0 Å².